The monoisotopic (exact) mass is 700 g/mol. The highest BCUT2D eigenvalue weighted by molar-refractivity contribution is 7.89. The van der Waals surface area contributed by atoms with E-state index in [1.54, 1.807) is 36.4 Å². The molecule has 252 valence electrons. The summed E-state index contributed by atoms with van der Waals surface area (Å²) in [6.45, 7) is 3.53. The molecule has 0 fully saturated rings. The molecule has 11 nitrogen and oxygen atoms in total. The normalized spacial score (nSPS) is 12.5. The van der Waals surface area contributed by atoms with Gasteiger partial charge in [0.1, 0.15) is 17.1 Å². The van der Waals surface area contributed by atoms with Gasteiger partial charge < -0.3 is 19.6 Å². The second-order valence-electron chi connectivity index (χ2n) is 11.4. The third kappa shape index (κ3) is 6.93. The molecule has 0 saturated carbocycles. The van der Waals surface area contributed by atoms with Crippen molar-refractivity contribution < 1.29 is 40.6 Å². The molecule has 4 aromatic carbocycles. The van der Waals surface area contributed by atoms with Gasteiger partial charge in [0.2, 0.25) is 21.1 Å². The van der Waals surface area contributed by atoms with Crippen molar-refractivity contribution in [3.8, 4) is 28.2 Å². The molecule has 0 unspecified atom stereocenters. The summed E-state index contributed by atoms with van der Waals surface area (Å²) < 4.78 is 74.6. The molecule has 1 heterocycles. The van der Waals surface area contributed by atoms with E-state index in [1.807, 2.05) is 50.2 Å². The molecular formula is C36H34N3O8S2+. The van der Waals surface area contributed by atoms with E-state index in [1.165, 1.54) is 31.4 Å². The van der Waals surface area contributed by atoms with Crippen molar-refractivity contribution in [2.75, 3.05) is 25.6 Å². The lowest BCUT2D eigenvalue weighted by atomic mass is 9.93. The Hall–Kier alpha value is -5.05. The number of ether oxygens (including phenoxy) is 1. The zero-order chi connectivity index (χ0) is 34.9. The van der Waals surface area contributed by atoms with Crippen molar-refractivity contribution in [3.63, 3.8) is 0 Å². The molecule has 1 aliphatic carbocycles. The highest BCUT2D eigenvalue weighted by Crippen LogP contribution is 2.43. The predicted molar refractivity (Wildman–Crippen MR) is 186 cm³/mol. The average molecular weight is 701 g/mol. The Labute approximate surface area is 283 Å². The molecule has 49 heavy (non-hydrogen) atoms. The van der Waals surface area contributed by atoms with Crippen LogP contribution in [-0.2, 0) is 20.1 Å². The van der Waals surface area contributed by atoms with Crippen LogP contribution in [-0.4, -0.2) is 46.8 Å². The van der Waals surface area contributed by atoms with E-state index in [-0.39, 0.29) is 28.6 Å². The maximum atomic E-state index is 13.5. The van der Waals surface area contributed by atoms with Gasteiger partial charge in [-0.25, -0.2) is 18.1 Å². The second-order valence-corrected chi connectivity index (χ2v) is 14.5. The number of anilines is 2. The molecular weight excluding hydrogens is 667 g/mol. The molecule has 5 N–H and O–H groups in total. The van der Waals surface area contributed by atoms with Crippen molar-refractivity contribution in [2.24, 2.45) is 0 Å². The van der Waals surface area contributed by atoms with Gasteiger partial charge >= 0.3 is 0 Å². The maximum Gasteiger partial charge on any atom is 0.294 e. The Morgan fingerprint density at radius 2 is 1.59 bits per heavy atom. The van der Waals surface area contributed by atoms with E-state index in [4.69, 9.17) is 9.15 Å². The van der Waals surface area contributed by atoms with Gasteiger partial charge in [-0.05, 0) is 56.3 Å². The maximum absolute atomic E-state index is 13.5. The Balaban J connectivity index is 1.60. The first-order valence-electron chi connectivity index (χ1n) is 15.2. The minimum Gasteiger partial charge on any atom is -0.495 e. The van der Waals surface area contributed by atoms with Gasteiger partial charge in [-0.2, -0.15) is 8.42 Å². The summed E-state index contributed by atoms with van der Waals surface area (Å²) in [6, 6.07) is 27.4. The van der Waals surface area contributed by atoms with Crippen molar-refractivity contribution >= 4 is 48.2 Å². The third-order valence-corrected chi connectivity index (χ3v) is 10.4. The minimum absolute atomic E-state index is 0.0314. The molecule has 1 aliphatic heterocycles. The largest absolute Gasteiger partial charge is 0.495 e. The van der Waals surface area contributed by atoms with E-state index < -0.39 is 20.1 Å². The Morgan fingerprint density at radius 3 is 2.31 bits per heavy atom. The number of methoxy groups -OCH3 is 1. The third-order valence-electron chi connectivity index (χ3n) is 8.07. The first-order chi connectivity index (χ1) is 23.4. The molecule has 2 aliphatic rings. The van der Waals surface area contributed by atoms with E-state index in [9.17, 15) is 26.5 Å². The summed E-state index contributed by atoms with van der Waals surface area (Å²) in [5.41, 5.74) is 5.97. The standard InChI is InChI=1S/C36H33N3O8S2/c1-22-7-6-8-23(2)36(22)39-25-12-15-28-33(20-25)47-32-19-24(38-30-21-26(49(43,44)45)13-16-31(30)46-3)11-14-27(32)35(28)29-9-4-5-10-34(29)48(41,42)37-17-18-40/h4-16,19-21,37-38,40H,17-18H2,1-3H3,(H,43,44,45)/p+1. The number of para-hydroxylation sites is 1. The number of fused-ring (bicyclic) bond motifs is 2. The van der Waals surface area contributed by atoms with E-state index >= 15 is 0 Å². The molecule has 0 bridgehead atoms. The molecule has 0 aromatic heterocycles. The molecule has 0 amide bonds. The van der Waals surface area contributed by atoms with Gasteiger partial charge in [-0.3, -0.25) is 4.55 Å². The van der Waals surface area contributed by atoms with Crippen LogP contribution < -0.4 is 25.1 Å². The van der Waals surface area contributed by atoms with Gasteiger partial charge in [0.05, 0.1) is 35.3 Å². The molecule has 13 heteroatoms. The summed E-state index contributed by atoms with van der Waals surface area (Å²) in [5, 5.41) is 13.8. The molecule has 0 saturated heterocycles. The van der Waals surface area contributed by atoms with E-state index in [2.05, 4.69) is 15.0 Å². The number of sulfonamides is 1. The highest BCUT2D eigenvalue weighted by Gasteiger charge is 2.25. The molecule has 6 rings (SSSR count). The lowest BCUT2D eigenvalue weighted by Gasteiger charge is -2.19. The van der Waals surface area contributed by atoms with Crippen LogP contribution in [0.2, 0.25) is 0 Å². The molecule has 0 radical (unpaired) electrons. The first kappa shape index (κ1) is 33.8. The van der Waals surface area contributed by atoms with Crippen molar-refractivity contribution in [1.82, 2.24) is 4.72 Å². The van der Waals surface area contributed by atoms with Gasteiger partial charge in [0.25, 0.3) is 10.1 Å². The fourth-order valence-corrected chi connectivity index (χ4v) is 7.50. The Kier molecular flexibility index (Phi) is 9.29. The van der Waals surface area contributed by atoms with Crippen LogP contribution in [0.3, 0.4) is 0 Å². The van der Waals surface area contributed by atoms with Crippen LogP contribution in [0.15, 0.2) is 111 Å². The summed E-state index contributed by atoms with van der Waals surface area (Å²) in [5.74, 6) is 0.803. The van der Waals surface area contributed by atoms with Gasteiger partial charge in [-0.1, -0.05) is 36.4 Å². The number of aliphatic hydroxyl groups excluding tert-OH is 1. The van der Waals surface area contributed by atoms with Crippen LogP contribution in [0, 0.1) is 13.8 Å². The summed E-state index contributed by atoms with van der Waals surface area (Å²) in [6.07, 6.45) is 0. The number of aryl methyl sites for hydroxylation is 2. The molecule has 0 spiro atoms. The predicted octanol–water partition coefficient (Wildman–Crippen LogP) is 4.40. The SMILES string of the molecule is COc1ccc(S(=O)(=O)O)cc1Nc1ccc2c(-c3ccccc3S(=O)(=O)NCCO)c3ccc(=[NH+]c4c(C)cccc4C)cc-3oc2c1. The zero-order valence-electron chi connectivity index (χ0n) is 26.8. The van der Waals surface area contributed by atoms with E-state index in [0.29, 0.717) is 44.9 Å². The summed E-state index contributed by atoms with van der Waals surface area (Å²) in [4.78, 5) is 3.21. The Bertz CT molecular complexity index is 2460. The van der Waals surface area contributed by atoms with Gasteiger partial charge in [0, 0.05) is 57.6 Å². The first-order valence-corrected chi connectivity index (χ1v) is 18.1. The van der Waals surface area contributed by atoms with Crippen molar-refractivity contribution in [3.05, 3.63) is 114 Å². The Morgan fingerprint density at radius 1 is 0.837 bits per heavy atom. The smallest absolute Gasteiger partial charge is 0.294 e. The zero-order valence-corrected chi connectivity index (χ0v) is 28.4. The minimum atomic E-state index is -4.48. The van der Waals surface area contributed by atoms with Crippen molar-refractivity contribution in [1.29, 1.82) is 0 Å². The summed E-state index contributed by atoms with van der Waals surface area (Å²) in [7, 11) is -7.06. The topological polar surface area (TPSA) is 169 Å². The van der Waals surface area contributed by atoms with Crippen LogP contribution in [0.1, 0.15) is 11.1 Å². The van der Waals surface area contributed by atoms with Crippen LogP contribution >= 0.6 is 0 Å². The second kappa shape index (κ2) is 13.5. The fourth-order valence-electron chi connectivity index (χ4n) is 5.76. The van der Waals surface area contributed by atoms with Crippen molar-refractivity contribution in [2.45, 2.75) is 23.6 Å². The quantitative estimate of drug-likeness (QED) is 0.103. The van der Waals surface area contributed by atoms with Crippen LogP contribution in [0.25, 0.3) is 33.4 Å². The van der Waals surface area contributed by atoms with E-state index in [0.717, 1.165) is 22.2 Å². The summed E-state index contributed by atoms with van der Waals surface area (Å²) >= 11 is 0. The lowest BCUT2D eigenvalue weighted by molar-refractivity contribution is -0.403. The number of benzene rings is 5. The number of aliphatic hydroxyl groups is 1. The van der Waals surface area contributed by atoms with Gasteiger partial charge in [-0.15, -0.1) is 0 Å². The fraction of sp³-hybridized carbons (Fsp3) is 0.139. The number of nitrogens with one attached hydrogen (secondary N) is 3. The van der Waals surface area contributed by atoms with Crippen LogP contribution in [0.4, 0.5) is 17.1 Å². The van der Waals surface area contributed by atoms with Gasteiger partial charge in [0.15, 0.2) is 0 Å². The lowest BCUT2D eigenvalue weighted by Crippen LogP contribution is -2.71. The number of hydrogen-bond acceptors (Lipinski definition) is 8. The van der Waals surface area contributed by atoms with Crippen LogP contribution in [0.5, 0.6) is 5.75 Å². The highest BCUT2D eigenvalue weighted by atomic mass is 32.2. The molecule has 4 aromatic rings. The average Bonchev–Trinajstić information content (AvgIpc) is 3.07. The number of rotatable bonds is 10. The number of hydrogen-bond donors (Lipinski definition) is 5. The molecule has 0 atom stereocenters.